The number of thioether (sulfide) groups is 1. The highest BCUT2D eigenvalue weighted by Crippen LogP contribution is 2.02. The zero-order valence-corrected chi connectivity index (χ0v) is 12.3. The Kier molecular flexibility index (Phi) is 6.10. The van der Waals surface area contributed by atoms with Gasteiger partial charge in [0.15, 0.2) is 0 Å². The fourth-order valence-electron chi connectivity index (χ4n) is 1.47. The van der Waals surface area contributed by atoms with Gasteiger partial charge in [0.05, 0.1) is 0 Å². The lowest BCUT2D eigenvalue weighted by Gasteiger charge is -2.14. The molecule has 19 heavy (non-hydrogen) atoms. The van der Waals surface area contributed by atoms with E-state index in [9.17, 15) is 14.4 Å². The maximum Gasteiger partial charge on any atom is 0.326 e. The van der Waals surface area contributed by atoms with Crippen molar-refractivity contribution in [1.82, 2.24) is 9.88 Å². The highest BCUT2D eigenvalue weighted by atomic mass is 32.2. The highest BCUT2D eigenvalue weighted by Gasteiger charge is 2.20. The monoisotopic (exact) mass is 304 g/mol. The third kappa shape index (κ3) is 4.71. The van der Waals surface area contributed by atoms with Gasteiger partial charge in [-0.25, -0.2) is 4.79 Å². The molecule has 0 bridgehead atoms. The summed E-state index contributed by atoms with van der Waals surface area (Å²) in [6.45, 7) is 1.59. The maximum atomic E-state index is 11.8. The summed E-state index contributed by atoms with van der Waals surface area (Å²) in [5.74, 6) is -0.872. The number of rotatable bonds is 7. The molecular weight excluding hydrogens is 288 g/mol. The lowest BCUT2D eigenvalue weighted by molar-refractivity contribution is -0.141. The average molecular weight is 304 g/mol. The topological polar surface area (TPSA) is 88.4 Å². The van der Waals surface area contributed by atoms with E-state index < -0.39 is 17.9 Å². The van der Waals surface area contributed by atoms with E-state index in [2.05, 4.69) is 5.32 Å². The van der Waals surface area contributed by atoms with Crippen LogP contribution in [0.25, 0.3) is 0 Å². The number of aryl methyl sites for hydroxylation is 1. The van der Waals surface area contributed by atoms with Crippen LogP contribution in [0.1, 0.15) is 12.1 Å². The van der Waals surface area contributed by atoms with Gasteiger partial charge >= 0.3 is 10.8 Å². The minimum absolute atomic E-state index is 0.142. The number of carboxylic acids is 1. The van der Waals surface area contributed by atoms with E-state index in [0.717, 1.165) is 11.3 Å². The van der Waals surface area contributed by atoms with Gasteiger partial charge in [0, 0.05) is 11.1 Å². The van der Waals surface area contributed by atoms with Crippen LogP contribution in [0.15, 0.2) is 10.2 Å². The molecular formula is C11H16N2O4S2. The van der Waals surface area contributed by atoms with Crippen molar-refractivity contribution in [2.45, 2.75) is 25.9 Å². The second-order valence-electron chi connectivity index (χ2n) is 3.97. The van der Waals surface area contributed by atoms with Gasteiger partial charge in [-0.3, -0.25) is 14.2 Å². The third-order valence-electron chi connectivity index (χ3n) is 2.52. The van der Waals surface area contributed by atoms with Crippen LogP contribution in [0.4, 0.5) is 0 Å². The number of nitrogens with zero attached hydrogens (tertiary/aromatic N) is 1. The van der Waals surface area contributed by atoms with Gasteiger partial charge < -0.3 is 10.4 Å². The Balaban J connectivity index is 2.63. The van der Waals surface area contributed by atoms with Crippen molar-refractivity contribution in [2.24, 2.45) is 0 Å². The van der Waals surface area contributed by atoms with Crippen molar-refractivity contribution in [2.75, 3.05) is 12.0 Å². The Morgan fingerprint density at radius 1 is 1.58 bits per heavy atom. The first-order valence-electron chi connectivity index (χ1n) is 5.61. The van der Waals surface area contributed by atoms with Gasteiger partial charge in [0.2, 0.25) is 5.91 Å². The molecule has 1 heterocycles. The second-order valence-corrected chi connectivity index (χ2v) is 5.78. The molecule has 8 heteroatoms. The summed E-state index contributed by atoms with van der Waals surface area (Å²) < 4.78 is 1.33. The molecule has 0 radical (unpaired) electrons. The number of nitrogens with one attached hydrogen (secondary N) is 1. The largest absolute Gasteiger partial charge is 0.480 e. The number of thiazole rings is 1. The van der Waals surface area contributed by atoms with Crippen LogP contribution in [-0.4, -0.2) is 39.6 Å². The van der Waals surface area contributed by atoms with E-state index in [1.165, 1.54) is 16.3 Å². The predicted molar refractivity (Wildman–Crippen MR) is 75.9 cm³/mol. The Hall–Kier alpha value is -1.28. The Bertz CT molecular complexity index is 509. The molecule has 0 saturated heterocycles. The van der Waals surface area contributed by atoms with Gasteiger partial charge in [0.25, 0.3) is 0 Å². The Morgan fingerprint density at radius 3 is 2.74 bits per heavy atom. The van der Waals surface area contributed by atoms with Crippen molar-refractivity contribution in [3.8, 4) is 0 Å². The van der Waals surface area contributed by atoms with E-state index in [-0.39, 0.29) is 11.4 Å². The van der Waals surface area contributed by atoms with Crippen molar-refractivity contribution < 1.29 is 14.7 Å². The quantitative estimate of drug-likeness (QED) is 0.767. The summed E-state index contributed by atoms with van der Waals surface area (Å²) in [7, 11) is 0. The zero-order valence-electron chi connectivity index (χ0n) is 10.7. The summed E-state index contributed by atoms with van der Waals surface area (Å²) in [5.41, 5.74) is 0.695. The van der Waals surface area contributed by atoms with E-state index in [1.807, 2.05) is 6.26 Å². The first-order valence-corrected chi connectivity index (χ1v) is 7.89. The fraction of sp³-hybridized carbons (Fsp3) is 0.545. The number of carboxylic acid groups (broad SMARTS) is 1. The number of aromatic nitrogens is 1. The normalized spacial score (nSPS) is 12.1. The molecule has 0 aromatic carbocycles. The van der Waals surface area contributed by atoms with Crippen molar-refractivity contribution in [3.63, 3.8) is 0 Å². The molecule has 1 aromatic rings. The molecule has 1 rings (SSSR count). The molecule has 0 aliphatic heterocycles. The molecule has 1 aromatic heterocycles. The molecule has 2 N–H and O–H groups in total. The molecule has 0 unspecified atom stereocenters. The van der Waals surface area contributed by atoms with E-state index >= 15 is 0 Å². The fourth-order valence-corrected chi connectivity index (χ4v) is 2.68. The number of amides is 1. The number of carbonyl (C=O) groups is 2. The number of aliphatic carboxylic acids is 1. The molecule has 0 aliphatic rings. The van der Waals surface area contributed by atoms with Gasteiger partial charge in [-0.2, -0.15) is 11.8 Å². The molecule has 6 nitrogen and oxygen atoms in total. The first-order chi connectivity index (χ1) is 8.95. The van der Waals surface area contributed by atoms with Crippen LogP contribution >= 0.6 is 23.1 Å². The lowest BCUT2D eigenvalue weighted by atomic mass is 10.2. The molecule has 0 spiro atoms. The van der Waals surface area contributed by atoms with Crippen molar-refractivity contribution >= 4 is 35.0 Å². The summed E-state index contributed by atoms with van der Waals surface area (Å²) >= 11 is 2.54. The summed E-state index contributed by atoms with van der Waals surface area (Å²) in [6, 6.07) is -0.908. The van der Waals surface area contributed by atoms with E-state index in [1.54, 1.807) is 12.3 Å². The van der Waals surface area contributed by atoms with E-state index in [0.29, 0.717) is 17.9 Å². The number of hydrogen-bond donors (Lipinski definition) is 2. The Labute approximate surface area is 118 Å². The van der Waals surface area contributed by atoms with Crippen molar-refractivity contribution in [3.05, 3.63) is 20.7 Å². The van der Waals surface area contributed by atoms with Gasteiger partial charge in [-0.15, -0.1) is 0 Å². The molecule has 1 atom stereocenters. The van der Waals surface area contributed by atoms with Crippen LogP contribution in [0.2, 0.25) is 0 Å². The van der Waals surface area contributed by atoms with Gasteiger partial charge in [-0.05, 0) is 25.4 Å². The van der Waals surface area contributed by atoms with Crippen LogP contribution in [0, 0.1) is 6.92 Å². The van der Waals surface area contributed by atoms with Crippen molar-refractivity contribution in [1.29, 1.82) is 0 Å². The molecule has 0 aliphatic carbocycles. The summed E-state index contributed by atoms with van der Waals surface area (Å²) in [4.78, 5) is 34.0. The molecule has 1 amide bonds. The Morgan fingerprint density at radius 2 is 2.26 bits per heavy atom. The maximum absolute atomic E-state index is 11.8. The average Bonchev–Trinajstić information content (AvgIpc) is 2.66. The number of carbonyl (C=O) groups excluding carboxylic acids is 1. The minimum atomic E-state index is -1.06. The zero-order chi connectivity index (χ0) is 14.4. The molecule has 0 saturated carbocycles. The predicted octanol–water partition coefficient (Wildman–Crippen LogP) is 0.541. The van der Waals surface area contributed by atoms with Gasteiger partial charge in [-0.1, -0.05) is 11.3 Å². The lowest BCUT2D eigenvalue weighted by Crippen LogP contribution is -2.43. The van der Waals surface area contributed by atoms with Crippen LogP contribution < -0.4 is 10.2 Å². The van der Waals surface area contributed by atoms with Gasteiger partial charge in [0.1, 0.15) is 12.6 Å². The summed E-state index contributed by atoms with van der Waals surface area (Å²) in [6.07, 6.45) is 2.23. The van der Waals surface area contributed by atoms with Crippen LogP contribution in [-0.2, 0) is 16.1 Å². The van der Waals surface area contributed by atoms with Crippen LogP contribution in [0.3, 0.4) is 0 Å². The molecule has 0 fully saturated rings. The standard InChI is InChI=1S/C11H16N2O4S2/c1-7-6-19-11(17)13(7)5-9(14)12-8(10(15)16)3-4-18-2/h6,8H,3-5H2,1-2H3,(H,12,14)(H,15,16)/t8-/m0/s1. The smallest absolute Gasteiger partial charge is 0.326 e. The van der Waals surface area contributed by atoms with Crippen LogP contribution in [0.5, 0.6) is 0 Å². The SMILES string of the molecule is CSCC[C@H](NC(=O)Cn1c(C)csc1=O)C(=O)O. The highest BCUT2D eigenvalue weighted by molar-refractivity contribution is 7.98. The third-order valence-corrected chi connectivity index (χ3v) is 4.05. The summed E-state index contributed by atoms with van der Waals surface area (Å²) in [5, 5.41) is 13.1. The minimum Gasteiger partial charge on any atom is -0.480 e. The second kappa shape index (κ2) is 7.34. The van der Waals surface area contributed by atoms with E-state index in [4.69, 9.17) is 5.11 Å². The number of hydrogen-bond acceptors (Lipinski definition) is 5. The first kappa shape index (κ1) is 15.8. The molecule has 106 valence electrons.